The van der Waals surface area contributed by atoms with Crippen LogP contribution >= 0.6 is 0 Å². The number of hydrogen-bond acceptors (Lipinski definition) is 5. The van der Waals surface area contributed by atoms with E-state index in [9.17, 15) is 4.79 Å². The molecule has 0 aliphatic heterocycles. The molecule has 0 spiro atoms. The molecule has 0 aliphatic carbocycles. The third-order valence-electron chi connectivity index (χ3n) is 2.65. The van der Waals surface area contributed by atoms with Crippen LogP contribution < -0.4 is 11.1 Å². The molecule has 1 atom stereocenters. The van der Waals surface area contributed by atoms with Gasteiger partial charge in [-0.25, -0.2) is 4.63 Å². The van der Waals surface area contributed by atoms with Gasteiger partial charge in [0.05, 0.1) is 6.04 Å². The van der Waals surface area contributed by atoms with Gasteiger partial charge in [-0.3, -0.25) is 4.79 Å². The summed E-state index contributed by atoms with van der Waals surface area (Å²) >= 11 is 0. The van der Waals surface area contributed by atoms with Gasteiger partial charge in [-0.2, -0.15) is 0 Å². The summed E-state index contributed by atoms with van der Waals surface area (Å²) in [7, 11) is 0. The van der Waals surface area contributed by atoms with Crippen LogP contribution in [0.25, 0.3) is 0 Å². The fourth-order valence-corrected chi connectivity index (χ4v) is 1.56. The summed E-state index contributed by atoms with van der Waals surface area (Å²) < 4.78 is 4.38. The Hall–Kier alpha value is -2.37. The molecular formula is C12H14N4O2. The topological polar surface area (TPSA) is 94.0 Å². The molecule has 0 radical (unpaired) electrons. The van der Waals surface area contributed by atoms with Crippen molar-refractivity contribution in [3.05, 3.63) is 41.1 Å². The van der Waals surface area contributed by atoms with Crippen molar-refractivity contribution in [1.29, 1.82) is 0 Å². The van der Waals surface area contributed by atoms with Crippen molar-refractivity contribution >= 4 is 11.7 Å². The first-order chi connectivity index (χ1) is 8.58. The predicted molar refractivity (Wildman–Crippen MR) is 65.8 cm³/mol. The van der Waals surface area contributed by atoms with E-state index in [2.05, 4.69) is 20.3 Å². The number of rotatable bonds is 3. The first-order valence-corrected chi connectivity index (χ1v) is 5.53. The zero-order chi connectivity index (χ0) is 13.1. The molecule has 1 amide bonds. The number of nitrogens with two attached hydrogens (primary N) is 1. The second-order valence-corrected chi connectivity index (χ2v) is 4.10. The van der Waals surface area contributed by atoms with Gasteiger partial charge in [0.15, 0.2) is 0 Å². The third-order valence-corrected chi connectivity index (χ3v) is 2.65. The Labute approximate surface area is 104 Å². The first-order valence-electron chi connectivity index (χ1n) is 5.53. The molecule has 0 fully saturated rings. The summed E-state index contributed by atoms with van der Waals surface area (Å²) in [5, 5.41) is 9.59. The van der Waals surface area contributed by atoms with Gasteiger partial charge in [0.25, 0.3) is 5.91 Å². The molecule has 18 heavy (non-hydrogen) atoms. The second-order valence-electron chi connectivity index (χ2n) is 4.10. The summed E-state index contributed by atoms with van der Waals surface area (Å²) in [6, 6.07) is 7.76. The van der Waals surface area contributed by atoms with E-state index in [1.54, 1.807) is 0 Å². The molecule has 0 saturated carbocycles. The average Bonchev–Trinajstić information content (AvgIpc) is 2.76. The Morgan fingerprint density at radius 1 is 1.33 bits per heavy atom. The van der Waals surface area contributed by atoms with Gasteiger partial charge in [-0.05, 0) is 29.7 Å². The van der Waals surface area contributed by atoms with Crippen LogP contribution in [-0.4, -0.2) is 16.2 Å². The number of aryl methyl sites for hydroxylation is 1. The van der Waals surface area contributed by atoms with Crippen molar-refractivity contribution in [3.63, 3.8) is 0 Å². The molecule has 6 nitrogen and oxygen atoms in total. The van der Waals surface area contributed by atoms with Crippen LogP contribution in [-0.2, 0) is 0 Å². The number of benzene rings is 1. The molecule has 3 N–H and O–H groups in total. The van der Waals surface area contributed by atoms with Crippen molar-refractivity contribution in [1.82, 2.24) is 15.6 Å². The quantitative estimate of drug-likeness (QED) is 0.854. The highest BCUT2D eigenvalue weighted by Gasteiger charge is 2.18. The van der Waals surface area contributed by atoms with Gasteiger partial charge in [0, 0.05) is 0 Å². The van der Waals surface area contributed by atoms with Crippen molar-refractivity contribution in [2.45, 2.75) is 19.9 Å². The summed E-state index contributed by atoms with van der Waals surface area (Å²) in [4.78, 5) is 11.8. The molecule has 0 aliphatic rings. The van der Waals surface area contributed by atoms with Crippen LogP contribution in [0.1, 0.15) is 34.6 Å². The maximum atomic E-state index is 11.8. The van der Waals surface area contributed by atoms with Crippen molar-refractivity contribution in [2.75, 3.05) is 5.73 Å². The minimum absolute atomic E-state index is 0.00830. The Morgan fingerprint density at radius 2 is 2.00 bits per heavy atom. The molecular weight excluding hydrogens is 232 g/mol. The van der Waals surface area contributed by atoms with E-state index in [4.69, 9.17) is 5.73 Å². The fraction of sp³-hybridized carbons (Fsp3) is 0.250. The minimum Gasteiger partial charge on any atom is -0.379 e. The zero-order valence-corrected chi connectivity index (χ0v) is 10.2. The number of carbonyl (C=O) groups is 1. The monoisotopic (exact) mass is 246 g/mol. The molecule has 2 rings (SSSR count). The van der Waals surface area contributed by atoms with Crippen LogP contribution in [0.4, 0.5) is 5.82 Å². The molecule has 1 aromatic carbocycles. The molecule has 94 valence electrons. The summed E-state index contributed by atoms with van der Waals surface area (Å²) in [6.07, 6.45) is 0. The van der Waals surface area contributed by atoms with Crippen molar-refractivity contribution in [3.8, 4) is 0 Å². The van der Waals surface area contributed by atoms with Gasteiger partial charge in [0.1, 0.15) is 0 Å². The maximum Gasteiger partial charge on any atom is 0.277 e. The van der Waals surface area contributed by atoms with E-state index in [-0.39, 0.29) is 17.6 Å². The Bertz CT molecular complexity index is 547. The van der Waals surface area contributed by atoms with E-state index in [0.717, 1.165) is 5.56 Å². The Morgan fingerprint density at radius 3 is 2.56 bits per heavy atom. The molecule has 2 aromatic rings. The third kappa shape index (κ3) is 2.48. The second kappa shape index (κ2) is 4.87. The lowest BCUT2D eigenvalue weighted by molar-refractivity contribution is 0.0930. The first kappa shape index (κ1) is 12.1. The molecule has 0 saturated heterocycles. The number of nitrogens with zero attached hydrogens (tertiary/aromatic N) is 2. The number of nitrogen functional groups attached to an aromatic ring is 1. The van der Waals surface area contributed by atoms with E-state index in [1.807, 2.05) is 38.1 Å². The maximum absolute atomic E-state index is 11.8. The van der Waals surface area contributed by atoms with Gasteiger partial charge >= 0.3 is 0 Å². The van der Waals surface area contributed by atoms with Gasteiger partial charge in [0.2, 0.25) is 11.5 Å². The molecule has 0 bridgehead atoms. The lowest BCUT2D eigenvalue weighted by Gasteiger charge is -2.13. The normalized spacial score (nSPS) is 12.1. The van der Waals surface area contributed by atoms with E-state index >= 15 is 0 Å². The number of amides is 1. The van der Waals surface area contributed by atoms with E-state index < -0.39 is 5.91 Å². The van der Waals surface area contributed by atoms with E-state index in [0.29, 0.717) is 0 Å². The lowest BCUT2D eigenvalue weighted by atomic mass is 10.1. The highest BCUT2D eigenvalue weighted by atomic mass is 16.6. The lowest BCUT2D eigenvalue weighted by Crippen LogP contribution is -2.27. The van der Waals surface area contributed by atoms with Crippen LogP contribution in [0.5, 0.6) is 0 Å². The number of anilines is 1. The van der Waals surface area contributed by atoms with Crippen LogP contribution in [0.3, 0.4) is 0 Å². The number of hydrogen-bond donors (Lipinski definition) is 2. The van der Waals surface area contributed by atoms with E-state index in [1.165, 1.54) is 5.56 Å². The van der Waals surface area contributed by atoms with Crippen LogP contribution in [0.15, 0.2) is 28.9 Å². The standard InChI is InChI=1S/C12H14N4O2/c1-7-3-5-9(6-4-7)8(2)14-12(17)10-11(13)16-18-15-10/h3-6,8H,1-2H3,(H2,13,16)(H,14,17)/t8-/m1/s1. The SMILES string of the molecule is Cc1ccc([C@@H](C)NC(=O)c2nonc2N)cc1. The zero-order valence-electron chi connectivity index (χ0n) is 10.2. The highest BCUT2D eigenvalue weighted by molar-refractivity contribution is 5.96. The highest BCUT2D eigenvalue weighted by Crippen LogP contribution is 2.14. The van der Waals surface area contributed by atoms with Gasteiger partial charge in [-0.1, -0.05) is 29.8 Å². The number of carbonyl (C=O) groups excluding carboxylic acids is 1. The van der Waals surface area contributed by atoms with Gasteiger partial charge < -0.3 is 11.1 Å². The number of nitrogens with one attached hydrogen (secondary N) is 1. The van der Waals surface area contributed by atoms with Crippen molar-refractivity contribution in [2.24, 2.45) is 0 Å². The average molecular weight is 246 g/mol. The van der Waals surface area contributed by atoms with Crippen LogP contribution in [0, 0.1) is 6.92 Å². The van der Waals surface area contributed by atoms with Crippen molar-refractivity contribution < 1.29 is 9.42 Å². The predicted octanol–water partition coefficient (Wildman–Crippen LogP) is 1.45. The largest absolute Gasteiger partial charge is 0.379 e. The summed E-state index contributed by atoms with van der Waals surface area (Å²) in [6.45, 7) is 3.89. The molecule has 6 heteroatoms. The Kier molecular flexibility index (Phi) is 3.27. The smallest absolute Gasteiger partial charge is 0.277 e. The minimum atomic E-state index is -0.401. The molecule has 0 unspecified atom stereocenters. The molecule has 1 aromatic heterocycles. The summed E-state index contributed by atoms with van der Waals surface area (Å²) in [5.41, 5.74) is 7.63. The Balaban J connectivity index is 2.08. The molecule has 1 heterocycles. The van der Waals surface area contributed by atoms with Crippen LogP contribution in [0.2, 0.25) is 0 Å². The van der Waals surface area contributed by atoms with Gasteiger partial charge in [-0.15, -0.1) is 0 Å². The number of aromatic nitrogens is 2. The fourth-order valence-electron chi connectivity index (χ4n) is 1.56. The summed E-state index contributed by atoms with van der Waals surface area (Å²) in [5.74, 6) is -0.412.